The molecule has 0 saturated heterocycles. The largest absolute Gasteiger partial charge is 0.444 e. The van der Waals surface area contributed by atoms with Gasteiger partial charge in [-0.2, -0.15) is 5.26 Å². The molecule has 1 aromatic carbocycles. The summed E-state index contributed by atoms with van der Waals surface area (Å²) >= 11 is 6.00. The summed E-state index contributed by atoms with van der Waals surface area (Å²) in [6.45, 7) is 5.28. The Morgan fingerprint density at radius 1 is 1.41 bits per heavy atom. The summed E-state index contributed by atoms with van der Waals surface area (Å²) in [4.78, 5) is 23.3. The summed E-state index contributed by atoms with van der Waals surface area (Å²) in [5, 5.41) is 12.5. The number of hydrogen-bond donors (Lipinski definition) is 1. The lowest BCUT2D eigenvalue weighted by atomic mass is 9.64. The van der Waals surface area contributed by atoms with Crippen LogP contribution in [0.3, 0.4) is 0 Å². The van der Waals surface area contributed by atoms with Gasteiger partial charge in [-0.15, -0.1) is 0 Å². The number of nitrogens with one attached hydrogen (secondary N) is 1. The van der Waals surface area contributed by atoms with Gasteiger partial charge in [0.25, 0.3) is 0 Å². The van der Waals surface area contributed by atoms with Gasteiger partial charge in [-0.3, -0.25) is 10.1 Å². The first kappa shape index (κ1) is 16.3. The summed E-state index contributed by atoms with van der Waals surface area (Å²) < 4.78 is 5.21. The molecule has 0 unspecified atom stereocenters. The first-order valence-corrected chi connectivity index (χ1v) is 7.26. The molecular formula is C16H17ClN2O3. The number of halogens is 1. The molecule has 0 aromatic heterocycles. The molecule has 0 spiro atoms. The van der Waals surface area contributed by atoms with E-state index in [9.17, 15) is 14.9 Å². The van der Waals surface area contributed by atoms with Crippen LogP contribution in [0.15, 0.2) is 18.2 Å². The second kappa shape index (κ2) is 5.62. The molecule has 22 heavy (non-hydrogen) atoms. The van der Waals surface area contributed by atoms with Gasteiger partial charge < -0.3 is 4.74 Å². The minimum atomic E-state index is -0.924. The number of benzene rings is 1. The zero-order valence-electron chi connectivity index (χ0n) is 12.7. The Morgan fingerprint density at radius 3 is 2.55 bits per heavy atom. The van der Waals surface area contributed by atoms with Crippen LogP contribution in [0.2, 0.25) is 5.02 Å². The quantitative estimate of drug-likeness (QED) is 0.898. The van der Waals surface area contributed by atoms with Gasteiger partial charge in [0.1, 0.15) is 11.4 Å². The van der Waals surface area contributed by atoms with E-state index in [0.717, 1.165) is 0 Å². The van der Waals surface area contributed by atoms with E-state index < -0.39 is 17.1 Å². The third kappa shape index (κ3) is 3.40. The average molecular weight is 321 g/mol. The maximum absolute atomic E-state index is 11.9. The van der Waals surface area contributed by atoms with Crippen LogP contribution in [-0.2, 0) is 14.9 Å². The normalized spacial score (nSPS) is 16.4. The lowest BCUT2D eigenvalue weighted by Gasteiger charge is -2.35. The summed E-state index contributed by atoms with van der Waals surface area (Å²) in [7, 11) is 0. The Morgan fingerprint density at radius 2 is 2.05 bits per heavy atom. The highest BCUT2D eigenvalue weighted by Crippen LogP contribution is 2.44. The molecule has 1 aliphatic rings. The van der Waals surface area contributed by atoms with E-state index in [1.807, 2.05) is 0 Å². The van der Waals surface area contributed by atoms with Gasteiger partial charge in [0.2, 0.25) is 0 Å². The van der Waals surface area contributed by atoms with E-state index in [1.165, 1.54) is 0 Å². The molecule has 6 heteroatoms. The molecule has 1 amide bonds. The van der Waals surface area contributed by atoms with Crippen LogP contribution < -0.4 is 5.32 Å². The van der Waals surface area contributed by atoms with Crippen molar-refractivity contribution in [2.45, 2.75) is 44.6 Å². The molecule has 0 heterocycles. The van der Waals surface area contributed by atoms with E-state index in [0.29, 0.717) is 16.3 Å². The number of Topliss-reactive ketones (excluding diaryl/α,β-unsaturated/α-hetero) is 1. The fraction of sp³-hybridized carbons (Fsp3) is 0.438. The van der Waals surface area contributed by atoms with E-state index in [2.05, 4.69) is 11.4 Å². The number of carbonyl (C=O) groups excluding carboxylic acids is 2. The van der Waals surface area contributed by atoms with Crippen LogP contribution in [0.1, 0.15) is 39.2 Å². The van der Waals surface area contributed by atoms with Crippen molar-refractivity contribution in [1.82, 2.24) is 0 Å². The topological polar surface area (TPSA) is 79.2 Å². The van der Waals surface area contributed by atoms with Gasteiger partial charge in [0.15, 0.2) is 0 Å². The Labute approximate surface area is 134 Å². The summed E-state index contributed by atoms with van der Waals surface area (Å²) in [5.74, 6) is 0.0183. The first-order chi connectivity index (χ1) is 10.1. The van der Waals surface area contributed by atoms with E-state index >= 15 is 0 Å². The SMILES string of the molecule is CC(C)(C)OC(=O)Nc1ccc(Cl)cc1C1(C#N)CC(=O)C1. The molecule has 1 N–H and O–H groups in total. The van der Waals surface area contributed by atoms with Crippen LogP contribution in [0.25, 0.3) is 0 Å². The van der Waals surface area contributed by atoms with E-state index in [1.54, 1.807) is 39.0 Å². The molecule has 0 bridgehead atoms. The predicted molar refractivity (Wildman–Crippen MR) is 82.8 cm³/mol. The van der Waals surface area contributed by atoms with E-state index in [-0.39, 0.29) is 18.6 Å². The highest BCUT2D eigenvalue weighted by Gasteiger charge is 2.47. The molecule has 0 aliphatic heterocycles. The second-order valence-corrected chi connectivity index (χ2v) is 6.84. The zero-order valence-corrected chi connectivity index (χ0v) is 13.5. The highest BCUT2D eigenvalue weighted by atomic mass is 35.5. The number of ether oxygens (including phenoxy) is 1. The van der Waals surface area contributed by atoms with Crippen molar-refractivity contribution in [3.63, 3.8) is 0 Å². The van der Waals surface area contributed by atoms with E-state index in [4.69, 9.17) is 16.3 Å². The number of carbonyl (C=O) groups is 2. The highest BCUT2D eigenvalue weighted by molar-refractivity contribution is 6.30. The number of rotatable bonds is 2. The van der Waals surface area contributed by atoms with Gasteiger partial charge >= 0.3 is 6.09 Å². The van der Waals surface area contributed by atoms with Crippen molar-refractivity contribution in [2.24, 2.45) is 0 Å². The van der Waals surface area contributed by atoms with Crippen LogP contribution in [0.5, 0.6) is 0 Å². The Bertz CT molecular complexity index is 663. The fourth-order valence-electron chi connectivity index (χ4n) is 2.39. The van der Waals surface area contributed by atoms with Gasteiger partial charge in [-0.05, 0) is 44.5 Å². The molecule has 1 aliphatic carbocycles. The summed E-state index contributed by atoms with van der Waals surface area (Å²) in [6.07, 6.45) is -0.352. The monoisotopic (exact) mass is 320 g/mol. The van der Waals surface area contributed by atoms with Gasteiger partial charge in [-0.25, -0.2) is 4.79 Å². The fourth-order valence-corrected chi connectivity index (χ4v) is 2.56. The van der Waals surface area contributed by atoms with Crippen molar-refractivity contribution in [1.29, 1.82) is 5.26 Å². The van der Waals surface area contributed by atoms with Crippen LogP contribution >= 0.6 is 11.6 Å². The second-order valence-electron chi connectivity index (χ2n) is 6.40. The van der Waals surface area contributed by atoms with Crippen molar-refractivity contribution in [3.8, 4) is 6.07 Å². The molecule has 2 rings (SSSR count). The number of nitriles is 1. The van der Waals surface area contributed by atoms with Crippen LogP contribution in [-0.4, -0.2) is 17.5 Å². The van der Waals surface area contributed by atoms with Crippen LogP contribution in [0.4, 0.5) is 10.5 Å². The van der Waals surface area contributed by atoms with Crippen LogP contribution in [0, 0.1) is 11.3 Å². The molecule has 1 aromatic rings. The number of hydrogen-bond acceptors (Lipinski definition) is 4. The number of nitrogens with zero attached hydrogens (tertiary/aromatic N) is 1. The molecule has 1 fully saturated rings. The van der Waals surface area contributed by atoms with Crippen molar-refractivity contribution < 1.29 is 14.3 Å². The Kier molecular flexibility index (Phi) is 4.17. The number of ketones is 1. The maximum Gasteiger partial charge on any atom is 0.412 e. The summed E-state index contributed by atoms with van der Waals surface area (Å²) in [5.41, 5.74) is -0.567. The lowest BCUT2D eigenvalue weighted by molar-refractivity contribution is -0.126. The smallest absolute Gasteiger partial charge is 0.412 e. The van der Waals surface area contributed by atoms with Crippen molar-refractivity contribution >= 4 is 29.2 Å². The van der Waals surface area contributed by atoms with Gasteiger partial charge in [0.05, 0.1) is 11.5 Å². The minimum absolute atomic E-state index is 0.0183. The molecule has 1 saturated carbocycles. The minimum Gasteiger partial charge on any atom is -0.444 e. The molecule has 116 valence electrons. The third-order valence-electron chi connectivity index (χ3n) is 3.34. The molecule has 0 atom stereocenters. The Balaban J connectivity index is 2.32. The first-order valence-electron chi connectivity index (χ1n) is 6.88. The lowest BCUT2D eigenvalue weighted by Crippen LogP contribution is -2.41. The average Bonchev–Trinajstić information content (AvgIpc) is 2.34. The van der Waals surface area contributed by atoms with Crippen molar-refractivity contribution in [2.75, 3.05) is 5.32 Å². The number of anilines is 1. The maximum atomic E-state index is 11.9. The molecular weight excluding hydrogens is 304 g/mol. The standard InChI is InChI=1S/C16H17ClN2O3/c1-15(2,3)22-14(21)19-13-5-4-10(17)6-12(13)16(9-18)7-11(20)8-16/h4-6H,7-8H2,1-3H3,(H,19,21). The summed E-state index contributed by atoms with van der Waals surface area (Å²) in [6, 6.07) is 7.02. The number of amides is 1. The molecule has 0 radical (unpaired) electrons. The predicted octanol–water partition coefficient (Wildman–Crippen LogP) is 3.81. The van der Waals surface area contributed by atoms with Crippen molar-refractivity contribution in [3.05, 3.63) is 28.8 Å². The Hall–Kier alpha value is -2.06. The van der Waals surface area contributed by atoms with Gasteiger partial charge in [-0.1, -0.05) is 11.6 Å². The zero-order chi connectivity index (χ0) is 16.5. The molecule has 5 nitrogen and oxygen atoms in total. The third-order valence-corrected chi connectivity index (χ3v) is 3.58. The van der Waals surface area contributed by atoms with Gasteiger partial charge in [0, 0.05) is 23.6 Å².